The zero-order valence-corrected chi connectivity index (χ0v) is 7.02. The van der Waals surface area contributed by atoms with E-state index in [4.69, 9.17) is 9.84 Å². The summed E-state index contributed by atoms with van der Waals surface area (Å²) in [5, 5.41) is 8.32. The number of aliphatic hydroxyl groups is 1. The molecule has 1 atom stereocenters. The van der Waals surface area contributed by atoms with Gasteiger partial charge in [-0.2, -0.15) is 0 Å². The molecule has 0 spiro atoms. The van der Waals surface area contributed by atoms with Crippen LogP contribution in [-0.4, -0.2) is 49.2 Å². The third kappa shape index (κ3) is 2.09. The number of hydrogen-bond acceptors (Lipinski definition) is 4. The van der Waals surface area contributed by atoms with Crippen LogP contribution in [0.2, 0.25) is 0 Å². The first-order valence-corrected chi connectivity index (χ1v) is 3.83. The molecule has 1 heterocycles. The van der Waals surface area contributed by atoms with Crippen LogP contribution in [0.1, 0.15) is 6.42 Å². The van der Waals surface area contributed by atoms with Gasteiger partial charge in [0.1, 0.15) is 0 Å². The smallest absolute Gasteiger partial charge is 0.411 e. The number of nitrogens with zero attached hydrogens (tertiary/aromatic N) is 1. The minimum Gasteiger partial charge on any atom is -0.422 e. The third-order valence-corrected chi connectivity index (χ3v) is 1.92. The molecule has 0 aromatic carbocycles. The number of aliphatic hydroxyl groups excluding tert-OH is 1. The Morgan fingerprint density at radius 1 is 1.75 bits per heavy atom. The molecule has 1 aliphatic rings. The minimum atomic E-state index is -0.563. The van der Waals surface area contributed by atoms with E-state index in [1.165, 1.54) is 4.90 Å². The molecule has 1 saturated heterocycles. The summed E-state index contributed by atoms with van der Waals surface area (Å²) in [7, 11) is 1.62. The number of carbonyl (C=O) groups is 1. The summed E-state index contributed by atoms with van der Waals surface area (Å²) in [5.41, 5.74) is 0. The lowest BCUT2D eigenvalue weighted by molar-refractivity contribution is 0.0224. The Bertz CT molecular complexity index is 161. The first kappa shape index (κ1) is 9.28. The van der Waals surface area contributed by atoms with Gasteiger partial charge < -0.3 is 19.5 Å². The van der Waals surface area contributed by atoms with Crippen molar-refractivity contribution in [2.75, 3.05) is 27.0 Å². The quantitative estimate of drug-likeness (QED) is 0.590. The van der Waals surface area contributed by atoms with Gasteiger partial charge in [-0.25, -0.2) is 4.79 Å². The third-order valence-electron chi connectivity index (χ3n) is 1.92. The van der Waals surface area contributed by atoms with Gasteiger partial charge in [0.2, 0.25) is 0 Å². The van der Waals surface area contributed by atoms with Crippen molar-refractivity contribution in [1.29, 1.82) is 0 Å². The van der Waals surface area contributed by atoms with E-state index in [9.17, 15) is 4.79 Å². The van der Waals surface area contributed by atoms with Gasteiger partial charge in [0.15, 0.2) is 6.79 Å². The molecule has 1 N–H and O–H groups in total. The number of hydrogen-bond donors (Lipinski definition) is 1. The summed E-state index contributed by atoms with van der Waals surface area (Å²) in [6.07, 6.45) is 0.463. The van der Waals surface area contributed by atoms with Crippen molar-refractivity contribution in [1.82, 2.24) is 4.90 Å². The zero-order valence-electron chi connectivity index (χ0n) is 7.02. The van der Waals surface area contributed by atoms with Crippen LogP contribution in [0, 0.1) is 0 Å². The fourth-order valence-electron chi connectivity index (χ4n) is 1.23. The molecule has 1 fully saturated rings. The lowest BCUT2D eigenvalue weighted by Gasteiger charge is -2.14. The number of methoxy groups -OCH3 is 1. The van der Waals surface area contributed by atoms with Gasteiger partial charge in [0, 0.05) is 13.7 Å². The fraction of sp³-hybridized carbons (Fsp3) is 0.857. The van der Waals surface area contributed by atoms with E-state index < -0.39 is 12.9 Å². The fourth-order valence-corrected chi connectivity index (χ4v) is 1.23. The molecule has 1 unspecified atom stereocenters. The van der Waals surface area contributed by atoms with Crippen LogP contribution in [0.4, 0.5) is 4.79 Å². The first-order valence-electron chi connectivity index (χ1n) is 3.83. The van der Waals surface area contributed by atoms with Crippen molar-refractivity contribution in [3.63, 3.8) is 0 Å². The molecule has 0 aromatic rings. The second kappa shape index (κ2) is 4.27. The molecule has 0 radical (unpaired) electrons. The van der Waals surface area contributed by atoms with E-state index in [-0.39, 0.29) is 6.10 Å². The number of amides is 1. The number of likely N-dealkylation sites (tertiary alicyclic amines) is 1. The molecule has 1 rings (SSSR count). The van der Waals surface area contributed by atoms with E-state index in [0.29, 0.717) is 13.1 Å². The van der Waals surface area contributed by atoms with Gasteiger partial charge in [-0.3, -0.25) is 0 Å². The molecule has 0 saturated carbocycles. The minimum absolute atomic E-state index is 0.108. The Balaban J connectivity index is 2.31. The molecular weight excluding hydrogens is 162 g/mol. The maximum atomic E-state index is 11.0. The number of rotatable bonds is 2. The van der Waals surface area contributed by atoms with Crippen LogP contribution >= 0.6 is 0 Å². The molecule has 12 heavy (non-hydrogen) atoms. The lowest BCUT2D eigenvalue weighted by atomic mass is 10.3. The molecule has 0 aromatic heterocycles. The summed E-state index contributed by atoms with van der Waals surface area (Å²) in [6, 6.07) is 0. The summed E-state index contributed by atoms with van der Waals surface area (Å²) >= 11 is 0. The van der Waals surface area contributed by atoms with Crippen molar-refractivity contribution in [3.05, 3.63) is 0 Å². The molecule has 1 aliphatic heterocycles. The Labute approximate surface area is 70.9 Å². The second-order valence-corrected chi connectivity index (χ2v) is 2.63. The van der Waals surface area contributed by atoms with Gasteiger partial charge in [0.25, 0.3) is 0 Å². The van der Waals surface area contributed by atoms with Crippen molar-refractivity contribution in [2.24, 2.45) is 0 Å². The van der Waals surface area contributed by atoms with Crippen LogP contribution in [0.25, 0.3) is 0 Å². The van der Waals surface area contributed by atoms with Crippen LogP contribution in [0.15, 0.2) is 0 Å². The van der Waals surface area contributed by atoms with E-state index in [2.05, 4.69) is 4.74 Å². The van der Waals surface area contributed by atoms with Gasteiger partial charge >= 0.3 is 6.09 Å². The molecule has 70 valence electrons. The highest BCUT2D eigenvalue weighted by Gasteiger charge is 2.26. The number of ether oxygens (including phenoxy) is 2. The van der Waals surface area contributed by atoms with Gasteiger partial charge in [-0.05, 0) is 6.42 Å². The summed E-state index contributed by atoms with van der Waals surface area (Å²) in [4.78, 5) is 12.5. The Morgan fingerprint density at radius 2 is 2.50 bits per heavy atom. The van der Waals surface area contributed by atoms with Crippen molar-refractivity contribution < 1.29 is 19.4 Å². The summed E-state index contributed by atoms with van der Waals surface area (Å²) in [6.45, 7) is 0.625. The molecular formula is C7H13NO4. The second-order valence-electron chi connectivity index (χ2n) is 2.63. The number of carbonyl (C=O) groups excluding carboxylic acids is 1. The van der Waals surface area contributed by atoms with E-state index >= 15 is 0 Å². The van der Waals surface area contributed by atoms with Crippen LogP contribution in [-0.2, 0) is 9.47 Å². The Morgan fingerprint density at radius 3 is 3.00 bits per heavy atom. The average molecular weight is 175 g/mol. The highest BCUT2D eigenvalue weighted by Crippen LogP contribution is 2.12. The molecule has 5 heteroatoms. The SMILES string of the molecule is COC1CCN(C(=O)OCO)C1. The van der Waals surface area contributed by atoms with Crippen molar-refractivity contribution in [3.8, 4) is 0 Å². The Hall–Kier alpha value is -0.810. The topological polar surface area (TPSA) is 59.0 Å². The normalized spacial score (nSPS) is 22.8. The monoisotopic (exact) mass is 175 g/mol. The van der Waals surface area contributed by atoms with Gasteiger partial charge in [-0.15, -0.1) is 0 Å². The largest absolute Gasteiger partial charge is 0.422 e. The summed E-state index contributed by atoms with van der Waals surface area (Å²) < 4.78 is 9.46. The molecule has 0 bridgehead atoms. The van der Waals surface area contributed by atoms with Crippen molar-refractivity contribution in [2.45, 2.75) is 12.5 Å². The molecule has 5 nitrogen and oxygen atoms in total. The van der Waals surface area contributed by atoms with Crippen LogP contribution < -0.4 is 0 Å². The summed E-state index contributed by atoms with van der Waals surface area (Å²) in [5.74, 6) is 0. The Kier molecular flexibility index (Phi) is 3.31. The maximum Gasteiger partial charge on any atom is 0.411 e. The highest BCUT2D eigenvalue weighted by molar-refractivity contribution is 5.67. The van der Waals surface area contributed by atoms with E-state index in [0.717, 1.165) is 6.42 Å². The lowest BCUT2D eigenvalue weighted by Crippen LogP contribution is -2.30. The maximum absolute atomic E-state index is 11.0. The van der Waals surface area contributed by atoms with Gasteiger partial charge in [0.05, 0.1) is 12.6 Å². The van der Waals surface area contributed by atoms with Crippen LogP contribution in [0.3, 0.4) is 0 Å². The zero-order chi connectivity index (χ0) is 8.97. The molecule has 0 aliphatic carbocycles. The van der Waals surface area contributed by atoms with E-state index in [1.807, 2.05) is 0 Å². The first-order chi connectivity index (χ1) is 5.77. The highest BCUT2D eigenvalue weighted by atomic mass is 16.6. The average Bonchev–Trinajstić information content (AvgIpc) is 2.52. The predicted octanol–water partition coefficient (Wildman–Crippen LogP) is -0.207. The standard InChI is InChI=1S/C7H13NO4/c1-11-6-2-3-8(4-6)7(10)12-5-9/h6,9H,2-5H2,1H3. The predicted molar refractivity (Wildman–Crippen MR) is 40.6 cm³/mol. The van der Waals surface area contributed by atoms with Gasteiger partial charge in [-0.1, -0.05) is 0 Å². The van der Waals surface area contributed by atoms with Crippen molar-refractivity contribution >= 4 is 6.09 Å². The van der Waals surface area contributed by atoms with Crippen LogP contribution in [0.5, 0.6) is 0 Å². The van der Waals surface area contributed by atoms with E-state index in [1.54, 1.807) is 7.11 Å². The molecule has 1 amide bonds.